The highest BCUT2D eigenvalue weighted by molar-refractivity contribution is 9.10. The molecule has 1 heterocycles. The molecule has 1 N–H and O–H groups in total. The van der Waals surface area contributed by atoms with Crippen molar-refractivity contribution < 1.29 is 0 Å². The second-order valence-electron chi connectivity index (χ2n) is 3.68. The van der Waals surface area contributed by atoms with E-state index >= 15 is 0 Å². The van der Waals surface area contributed by atoms with Crippen LogP contribution in [0.3, 0.4) is 0 Å². The molecule has 76 valence electrons. The molecular weight excluding hydrogens is 261 g/mol. The molecule has 0 saturated heterocycles. The lowest BCUT2D eigenvalue weighted by atomic mass is 9.94. The first kappa shape index (κ1) is 10.5. The smallest absolute Gasteiger partial charge is 0.0442 e. The zero-order valence-corrected chi connectivity index (χ0v) is 10.5. The van der Waals surface area contributed by atoms with Crippen LogP contribution >= 0.6 is 27.5 Å². The van der Waals surface area contributed by atoms with Gasteiger partial charge in [0, 0.05) is 22.1 Å². The fraction of sp³-hybridized carbons (Fsp3) is 0.455. The van der Waals surface area contributed by atoms with E-state index in [1.807, 2.05) is 12.1 Å². The highest BCUT2D eigenvalue weighted by Gasteiger charge is 2.20. The lowest BCUT2D eigenvalue weighted by Crippen LogP contribution is -2.35. The van der Waals surface area contributed by atoms with Gasteiger partial charge in [-0.1, -0.05) is 34.5 Å². The van der Waals surface area contributed by atoms with Crippen molar-refractivity contribution in [1.29, 1.82) is 0 Å². The average Bonchev–Trinajstić information content (AvgIpc) is 2.23. The van der Waals surface area contributed by atoms with Gasteiger partial charge in [0.15, 0.2) is 0 Å². The normalized spacial score (nSPS) is 20.6. The minimum Gasteiger partial charge on any atom is -0.310 e. The molecule has 1 atom stereocenters. The summed E-state index contributed by atoms with van der Waals surface area (Å²) in [6.45, 7) is 3.13. The Morgan fingerprint density at radius 1 is 1.50 bits per heavy atom. The number of fused-ring (bicyclic) bond motifs is 1. The van der Waals surface area contributed by atoms with Crippen LogP contribution in [0.15, 0.2) is 16.6 Å². The van der Waals surface area contributed by atoms with E-state index in [4.69, 9.17) is 11.6 Å². The molecule has 1 nitrogen and oxygen atoms in total. The number of hydrogen-bond donors (Lipinski definition) is 1. The van der Waals surface area contributed by atoms with Crippen molar-refractivity contribution in [3.63, 3.8) is 0 Å². The quantitative estimate of drug-likeness (QED) is 0.826. The van der Waals surface area contributed by atoms with E-state index in [0.717, 1.165) is 24.4 Å². The summed E-state index contributed by atoms with van der Waals surface area (Å²) in [5, 5.41) is 4.41. The number of benzene rings is 1. The van der Waals surface area contributed by atoms with Crippen LogP contribution < -0.4 is 5.32 Å². The van der Waals surface area contributed by atoms with Crippen LogP contribution in [0.1, 0.15) is 24.5 Å². The Morgan fingerprint density at radius 3 is 3.00 bits per heavy atom. The van der Waals surface area contributed by atoms with Gasteiger partial charge < -0.3 is 5.32 Å². The van der Waals surface area contributed by atoms with E-state index in [0.29, 0.717) is 6.04 Å². The van der Waals surface area contributed by atoms with Gasteiger partial charge in [-0.05, 0) is 36.1 Å². The molecule has 1 aromatic carbocycles. The molecule has 1 aromatic rings. The summed E-state index contributed by atoms with van der Waals surface area (Å²) in [5.41, 5.74) is 2.63. The van der Waals surface area contributed by atoms with Crippen molar-refractivity contribution in [1.82, 2.24) is 5.32 Å². The van der Waals surface area contributed by atoms with Crippen LogP contribution in [-0.4, -0.2) is 6.04 Å². The Morgan fingerprint density at radius 2 is 2.29 bits per heavy atom. The largest absolute Gasteiger partial charge is 0.310 e. The molecule has 0 radical (unpaired) electrons. The molecule has 1 aliphatic rings. The highest BCUT2D eigenvalue weighted by atomic mass is 79.9. The van der Waals surface area contributed by atoms with Crippen molar-refractivity contribution in [2.24, 2.45) is 0 Å². The molecule has 1 aliphatic heterocycles. The summed E-state index contributed by atoms with van der Waals surface area (Å²) >= 11 is 9.75. The lowest BCUT2D eigenvalue weighted by Gasteiger charge is -2.26. The maximum absolute atomic E-state index is 6.19. The summed E-state index contributed by atoms with van der Waals surface area (Å²) in [6, 6.07) is 4.58. The van der Waals surface area contributed by atoms with E-state index in [-0.39, 0.29) is 0 Å². The average molecular weight is 275 g/mol. The van der Waals surface area contributed by atoms with Gasteiger partial charge in [-0.2, -0.15) is 0 Å². The maximum Gasteiger partial charge on any atom is 0.0442 e. The Bertz CT molecular complexity index is 351. The van der Waals surface area contributed by atoms with Gasteiger partial charge in [0.1, 0.15) is 0 Å². The van der Waals surface area contributed by atoms with Gasteiger partial charge in [-0.25, -0.2) is 0 Å². The molecule has 3 heteroatoms. The summed E-state index contributed by atoms with van der Waals surface area (Å²) in [7, 11) is 0. The molecule has 0 fully saturated rings. The van der Waals surface area contributed by atoms with Crippen molar-refractivity contribution in [2.45, 2.75) is 32.4 Å². The fourth-order valence-corrected chi connectivity index (χ4v) is 2.67. The molecule has 0 spiro atoms. The molecule has 0 saturated carbocycles. The molecule has 2 rings (SSSR count). The van der Waals surface area contributed by atoms with Crippen LogP contribution in [0, 0.1) is 0 Å². The first-order valence-electron chi connectivity index (χ1n) is 4.91. The minimum atomic E-state index is 0.578. The second kappa shape index (κ2) is 4.21. The summed E-state index contributed by atoms with van der Waals surface area (Å²) in [4.78, 5) is 0. The van der Waals surface area contributed by atoms with Gasteiger partial charge in [0.05, 0.1) is 0 Å². The number of rotatable bonds is 1. The van der Waals surface area contributed by atoms with Crippen LogP contribution in [0.2, 0.25) is 5.02 Å². The van der Waals surface area contributed by atoms with Crippen molar-refractivity contribution in [3.8, 4) is 0 Å². The predicted octanol–water partition coefficient (Wildman–Crippen LogP) is 3.53. The van der Waals surface area contributed by atoms with Crippen LogP contribution in [0.25, 0.3) is 0 Å². The molecule has 0 amide bonds. The number of halogens is 2. The minimum absolute atomic E-state index is 0.578. The van der Waals surface area contributed by atoms with Crippen molar-refractivity contribution >= 4 is 27.5 Å². The summed E-state index contributed by atoms with van der Waals surface area (Å²) in [5.74, 6) is 0. The Kier molecular flexibility index (Phi) is 3.15. The zero-order valence-electron chi connectivity index (χ0n) is 8.11. The van der Waals surface area contributed by atoms with Gasteiger partial charge in [-0.15, -0.1) is 0 Å². The molecule has 0 aliphatic carbocycles. The maximum atomic E-state index is 6.19. The van der Waals surface area contributed by atoms with Gasteiger partial charge >= 0.3 is 0 Å². The van der Waals surface area contributed by atoms with E-state index in [1.165, 1.54) is 15.6 Å². The van der Waals surface area contributed by atoms with Crippen LogP contribution in [-0.2, 0) is 13.0 Å². The third-order valence-corrected chi connectivity index (χ3v) is 3.92. The van der Waals surface area contributed by atoms with E-state index in [1.54, 1.807) is 0 Å². The Hall–Kier alpha value is -0.0500. The third kappa shape index (κ3) is 1.83. The molecule has 1 unspecified atom stereocenters. The summed E-state index contributed by atoms with van der Waals surface area (Å²) in [6.07, 6.45) is 2.20. The molecule has 0 aromatic heterocycles. The Labute approximate surface area is 98.0 Å². The summed E-state index contributed by atoms with van der Waals surface area (Å²) < 4.78 is 1.17. The van der Waals surface area contributed by atoms with Gasteiger partial charge in [-0.3, -0.25) is 0 Å². The predicted molar refractivity (Wildman–Crippen MR) is 63.8 cm³/mol. The molecular formula is C11H13BrClN. The highest BCUT2D eigenvalue weighted by Crippen LogP contribution is 2.31. The lowest BCUT2D eigenvalue weighted by molar-refractivity contribution is 0.467. The van der Waals surface area contributed by atoms with E-state index < -0.39 is 0 Å². The van der Waals surface area contributed by atoms with Gasteiger partial charge in [0.25, 0.3) is 0 Å². The zero-order chi connectivity index (χ0) is 10.1. The van der Waals surface area contributed by atoms with Crippen molar-refractivity contribution in [2.75, 3.05) is 0 Å². The topological polar surface area (TPSA) is 12.0 Å². The number of hydrogen-bond acceptors (Lipinski definition) is 1. The van der Waals surface area contributed by atoms with Crippen LogP contribution in [0.5, 0.6) is 0 Å². The molecule has 14 heavy (non-hydrogen) atoms. The van der Waals surface area contributed by atoms with E-state index in [2.05, 4.69) is 28.2 Å². The first-order chi connectivity index (χ1) is 6.72. The van der Waals surface area contributed by atoms with E-state index in [9.17, 15) is 0 Å². The van der Waals surface area contributed by atoms with Crippen molar-refractivity contribution in [3.05, 3.63) is 32.8 Å². The fourth-order valence-electron chi connectivity index (χ4n) is 1.90. The Balaban J connectivity index is 2.40. The molecule has 0 bridgehead atoms. The first-order valence-corrected chi connectivity index (χ1v) is 6.08. The monoisotopic (exact) mass is 273 g/mol. The SMILES string of the molecule is CCC1Cc2c(Cl)ccc(Br)c2CN1. The standard InChI is InChI=1S/C11H13BrClN/c1-2-7-5-8-9(6-14-7)10(12)3-4-11(8)13/h3-4,7,14H,2,5-6H2,1H3. The number of nitrogens with one attached hydrogen (secondary N) is 1. The second-order valence-corrected chi connectivity index (χ2v) is 4.94. The third-order valence-electron chi connectivity index (χ3n) is 2.83. The van der Waals surface area contributed by atoms with Gasteiger partial charge in [0.2, 0.25) is 0 Å². The van der Waals surface area contributed by atoms with Crippen LogP contribution in [0.4, 0.5) is 0 Å².